The smallest absolute Gasteiger partial charge is 0.0768 e. The molecule has 2 aliphatic rings. The number of ether oxygens (including phenoxy) is 1. The molecule has 118 valence electrons. The molecule has 0 radical (unpaired) electrons. The van der Waals surface area contributed by atoms with Gasteiger partial charge in [0.05, 0.1) is 12.7 Å². The van der Waals surface area contributed by atoms with Crippen molar-refractivity contribution >= 4 is 0 Å². The maximum absolute atomic E-state index is 6.24. The minimum atomic E-state index is 0.254. The van der Waals surface area contributed by atoms with Gasteiger partial charge in [-0.3, -0.25) is 0 Å². The summed E-state index contributed by atoms with van der Waals surface area (Å²) in [4.78, 5) is 0. The summed E-state index contributed by atoms with van der Waals surface area (Å²) in [5.74, 6) is 2.11. The van der Waals surface area contributed by atoms with Crippen LogP contribution in [0.15, 0.2) is 0 Å². The summed E-state index contributed by atoms with van der Waals surface area (Å²) in [6.07, 6.45) is 1.64. The van der Waals surface area contributed by atoms with Crippen molar-refractivity contribution in [1.82, 2.24) is 5.32 Å². The molecule has 2 fully saturated rings. The standard InChI is InChI=1S/C18H35NO/c1-11(2)12(3)14-9-13(17(4,5)6)15-16(19-14)18(7,8)10-20-15/h11-16,19H,9-10H2,1-8H3. The van der Waals surface area contributed by atoms with E-state index in [0.29, 0.717) is 29.5 Å². The van der Waals surface area contributed by atoms with Gasteiger partial charge in [-0.1, -0.05) is 55.4 Å². The lowest BCUT2D eigenvalue weighted by atomic mass is 9.65. The molecule has 0 aliphatic carbocycles. The highest BCUT2D eigenvalue weighted by molar-refractivity contribution is 5.06. The molecule has 5 atom stereocenters. The summed E-state index contributed by atoms with van der Waals surface area (Å²) in [5.41, 5.74) is 0.573. The number of hydrogen-bond acceptors (Lipinski definition) is 2. The van der Waals surface area contributed by atoms with Crippen molar-refractivity contribution in [2.45, 2.75) is 80.0 Å². The highest BCUT2D eigenvalue weighted by Crippen LogP contribution is 2.47. The van der Waals surface area contributed by atoms with E-state index >= 15 is 0 Å². The first kappa shape index (κ1) is 16.3. The molecular formula is C18H35NO. The van der Waals surface area contributed by atoms with Gasteiger partial charge in [-0.05, 0) is 29.6 Å². The molecule has 0 aromatic rings. The first-order valence-corrected chi connectivity index (χ1v) is 8.41. The van der Waals surface area contributed by atoms with Crippen molar-refractivity contribution in [3.63, 3.8) is 0 Å². The Morgan fingerprint density at radius 1 is 1.15 bits per heavy atom. The van der Waals surface area contributed by atoms with Crippen LogP contribution in [-0.2, 0) is 4.74 Å². The van der Waals surface area contributed by atoms with E-state index in [2.05, 4.69) is 60.7 Å². The van der Waals surface area contributed by atoms with Gasteiger partial charge >= 0.3 is 0 Å². The Morgan fingerprint density at radius 3 is 2.25 bits per heavy atom. The van der Waals surface area contributed by atoms with Gasteiger partial charge in [-0.15, -0.1) is 0 Å². The first-order valence-electron chi connectivity index (χ1n) is 8.41. The topological polar surface area (TPSA) is 21.3 Å². The van der Waals surface area contributed by atoms with Crippen LogP contribution in [0.4, 0.5) is 0 Å². The van der Waals surface area contributed by atoms with Gasteiger partial charge in [-0.2, -0.15) is 0 Å². The summed E-state index contributed by atoms with van der Waals surface area (Å²) >= 11 is 0. The average molecular weight is 281 g/mol. The normalized spacial score (nSPS) is 38.9. The van der Waals surface area contributed by atoms with E-state index in [1.165, 1.54) is 6.42 Å². The van der Waals surface area contributed by atoms with Crippen LogP contribution < -0.4 is 5.32 Å². The Labute approximate surface area is 126 Å². The third kappa shape index (κ3) is 2.92. The fourth-order valence-corrected chi connectivity index (χ4v) is 3.99. The molecule has 0 amide bonds. The maximum atomic E-state index is 6.24. The second kappa shape index (κ2) is 5.28. The van der Waals surface area contributed by atoms with Crippen LogP contribution in [-0.4, -0.2) is 24.8 Å². The van der Waals surface area contributed by atoms with Crippen LogP contribution in [0.25, 0.3) is 0 Å². The third-order valence-electron chi connectivity index (χ3n) is 5.91. The molecule has 2 saturated heterocycles. The molecule has 2 rings (SSSR count). The van der Waals surface area contributed by atoms with E-state index in [0.717, 1.165) is 18.4 Å². The zero-order valence-electron chi connectivity index (χ0n) is 14.8. The predicted octanol–water partition coefficient (Wildman–Crippen LogP) is 4.10. The predicted molar refractivity (Wildman–Crippen MR) is 85.8 cm³/mol. The van der Waals surface area contributed by atoms with Gasteiger partial charge in [0.2, 0.25) is 0 Å². The number of fused-ring (bicyclic) bond motifs is 1. The van der Waals surface area contributed by atoms with Crippen molar-refractivity contribution < 1.29 is 4.74 Å². The summed E-state index contributed by atoms with van der Waals surface area (Å²) in [7, 11) is 0. The Hall–Kier alpha value is -0.0800. The second-order valence-corrected chi connectivity index (χ2v) is 9.33. The lowest BCUT2D eigenvalue weighted by Crippen LogP contribution is -2.61. The van der Waals surface area contributed by atoms with E-state index in [9.17, 15) is 0 Å². The molecule has 2 nitrogen and oxygen atoms in total. The van der Waals surface area contributed by atoms with Crippen LogP contribution >= 0.6 is 0 Å². The van der Waals surface area contributed by atoms with Crippen LogP contribution in [0, 0.1) is 28.6 Å². The van der Waals surface area contributed by atoms with Crippen molar-refractivity contribution in [2.24, 2.45) is 28.6 Å². The highest BCUT2D eigenvalue weighted by atomic mass is 16.5. The van der Waals surface area contributed by atoms with E-state index in [-0.39, 0.29) is 5.41 Å². The van der Waals surface area contributed by atoms with Crippen molar-refractivity contribution in [1.29, 1.82) is 0 Å². The molecule has 2 aliphatic heterocycles. The van der Waals surface area contributed by atoms with Crippen LogP contribution in [0.1, 0.15) is 61.8 Å². The minimum Gasteiger partial charge on any atom is -0.376 e. The van der Waals surface area contributed by atoms with Crippen LogP contribution in [0.3, 0.4) is 0 Å². The van der Waals surface area contributed by atoms with E-state index < -0.39 is 0 Å². The zero-order chi connectivity index (χ0) is 15.3. The Morgan fingerprint density at radius 2 is 1.75 bits per heavy atom. The number of hydrogen-bond donors (Lipinski definition) is 1. The SMILES string of the molecule is CC(C)C(C)C1CC(C(C)(C)C)C2OCC(C)(C)C2N1. The van der Waals surface area contributed by atoms with E-state index in [1.54, 1.807) is 0 Å². The first-order chi connectivity index (χ1) is 9.04. The third-order valence-corrected chi connectivity index (χ3v) is 5.91. The van der Waals surface area contributed by atoms with Gasteiger partial charge in [0.1, 0.15) is 0 Å². The number of nitrogens with one attached hydrogen (secondary N) is 1. The van der Waals surface area contributed by atoms with E-state index in [4.69, 9.17) is 4.74 Å². The maximum Gasteiger partial charge on any atom is 0.0768 e. The Balaban J connectivity index is 2.26. The molecule has 2 heterocycles. The quantitative estimate of drug-likeness (QED) is 0.823. The van der Waals surface area contributed by atoms with Gasteiger partial charge < -0.3 is 10.1 Å². The van der Waals surface area contributed by atoms with E-state index in [1.807, 2.05) is 0 Å². The molecule has 5 unspecified atom stereocenters. The molecule has 1 N–H and O–H groups in total. The van der Waals surface area contributed by atoms with Crippen LogP contribution in [0.2, 0.25) is 0 Å². The van der Waals surface area contributed by atoms with Gasteiger partial charge in [0.15, 0.2) is 0 Å². The second-order valence-electron chi connectivity index (χ2n) is 9.33. The summed E-state index contributed by atoms with van der Waals surface area (Å²) in [6.45, 7) is 19.8. The summed E-state index contributed by atoms with van der Waals surface area (Å²) in [6, 6.07) is 1.13. The number of piperidine rings is 1. The van der Waals surface area contributed by atoms with Gasteiger partial charge in [0, 0.05) is 17.5 Å². The van der Waals surface area contributed by atoms with Crippen molar-refractivity contribution in [3.8, 4) is 0 Å². The summed E-state index contributed by atoms with van der Waals surface area (Å²) < 4.78 is 6.24. The Kier molecular flexibility index (Phi) is 4.30. The molecule has 0 aromatic heterocycles. The van der Waals surface area contributed by atoms with Crippen molar-refractivity contribution in [2.75, 3.05) is 6.61 Å². The van der Waals surface area contributed by atoms with Crippen molar-refractivity contribution in [3.05, 3.63) is 0 Å². The fourth-order valence-electron chi connectivity index (χ4n) is 3.99. The molecule has 0 spiro atoms. The summed E-state index contributed by atoms with van der Waals surface area (Å²) in [5, 5.41) is 3.96. The lowest BCUT2D eigenvalue weighted by molar-refractivity contribution is -0.0332. The van der Waals surface area contributed by atoms with Gasteiger partial charge in [-0.25, -0.2) is 0 Å². The fraction of sp³-hybridized carbons (Fsp3) is 1.00. The lowest BCUT2D eigenvalue weighted by Gasteiger charge is -2.49. The molecule has 2 heteroatoms. The zero-order valence-corrected chi connectivity index (χ0v) is 14.8. The molecule has 20 heavy (non-hydrogen) atoms. The van der Waals surface area contributed by atoms with Gasteiger partial charge in [0.25, 0.3) is 0 Å². The molecular weight excluding hydrogens is 246 g/mol. The number of rotatable bonds is 2. The average Bonchev–Trinajstić information content (AvgIpc) is 2.62. The monoisotopic (exact) mass is 281 g/mol. The molecule has 0 bridgehead atoms. The molecule has 0 saturated carbocycles. The highest BCUT2D eigenvalue weighted by Gasteiger charge is 2.53. The van der Waals surface area contributed by atoms with Crippen LogP contribution in [0.5, 0.6) is 0 Å². The Bertz CT molecular complexity index is 342. The molecule has 0 aromatic carbocycles. The largest absolute Gasteiger partial charge is 0.376 e. The minimum absolute atomic E-state index is 0.254.